The molecule has 2 fully saturated rings. The first-order valence-corrected chi connectivity index (χ1v) is 6.82. The van der Waals surface area contributed by atoms with Gasteiger partial charge in [0.1, 0.15) is 0 Å². The van der Waals surface area contributed by atoms with Gasteiger partial charge in [-0.15, -0.1) is 11.8 Å². The Kier molecular flexibility index (Phi) is 3.57. The van der Waals surface area contributed by atoms with Crippen LogP contribution in [-0.2, 0) is 4.79 Å². The third-order valence-electron chi connectivity index (χ3n) is 3.44. The molecule has 0 radical (unpaired) electrons. The summed E-state index contributed by atoms with van der Waals surface area (Å²) in [6, 6.07) is 0. The van der Waals surface area contributed by atoms with Crippen LogP contribution in [0, 0.1) is 5.92 Å². The Balaban J connectivity index is 1.90. The lowest BCUT2D eigenvalue weighted by Gasteiger charge is -2.35. The predicted molar refractivity (Wildman–Crippen MR) is 61.8 cm³/mol. The maximum absolute atomic E-state index is 12.0. The zero-order valence-corrected chi connectivity index (χ0v) is 10.0. The van der Waals surface area contributed by atoms with Gasteiger partial charge in [-0.3, -0.25) is 4.79 Å². The average Bonchev–Trinajstić information content (AvgIpc) is 2.74. The maximum Gasteiger partial charge on any atom is 0.235 e. The topological polar surface area (TPSA) is 40.5 Å². The van der Waals surface area contributed by atoms with Crippen molar-refractivity contribution in [3.63, 3.8) is 0 Å². The quantitative estimate of drug-likeness (QED) is 0.732. The van der Waals surface area contributed by atoms with Crippen LogP contribution in [0.25, 0.3) is 0 Å². The van der Waals surface area contributed by atoms with Crippen LogP contribution in [0.1, 0.15) is 26.2 Å². The molecule has 15 heavy (non-hydrogen) atoms. The van der Waals surface area contributed by atoms with Crippen LogP contribution in [0.4, 0.5) is 0 Å². The average molecular weight is 229 g/mol. The summed E-state index contributed by atoms with van der Waals surface area (Å²) in [6.45, 7) is 3.42. The Labute approximate surface area is 95.2 Å². The summed E-state index contributed by atoms with van der Waals surface area (Å²) >= 11 is 1.77. The molecular formula is C11H19NO2S. The number of aliphatic hydroxyl groups excluding tert-OH is 1. The molecule has 3 nitrogen and oxygen atoms in total. The van der Waals surface area contributed by atoms with E-state index in [1.165, 1.54) is 0 Å². The number of piperidine rings is 1. The van der Waals surface area contributed by atoms with E-state index < -0.39 is 0 Å². The number of hydrogen-bond acceptors (Lipinski definition) is 3. The lowest BCUT2D eigenvalue weighted by atomic mass is 9.96. The van der Waals surface area contributed by atoms with Gasteiger partial charge in [0.05, 0.1) is 11.4 Å². The maximum atomic E-state index is 12.0. The summed E-state index contributed by atoms with van der Waals surface area (Å²) in [7, 11) is 0. The molecule has 0 bridgehead atoms. The Hall–Kier alpha value is -0.220. The summed E-state index contributed by atoms with van der Waals surface area (Å²) in [5.41, 5.74) is 0. The molecule has 0 aromatic rings. The number of likely N-dealkylation sites (tertiary alicyclic amines) is 1. The fraction of sp³-hybridized carbons (Fsp3) is 0.909. The SMILES string of the molecule is CC1CCN(C(=O)C2CCCS2)CC1O. The highest BCUT2D eigenvalue weighted by Gasteiger charge is 2.32. The summed E-state index contributed by atoms with van der Waals surface area (Å²) in [5.74, 6) is 1.71. The summed E-state index contributed by atoms with van der Waals surface area (Å²) in [5, 5.41) is 9.91. The van der Waals surface area contributed by atoms with Crippen molar-refractivity contribution in [1.29, 1.82) is 0 Å². The van der Waals surface area contributed by atoms with Crippen LogP contribution < -0.4 is 0 Å². The van der Waals surface area contributed by atoms with E-state index in [0.717, 1.165) is 31.6 Å². The molecule has 1 amide bonds. The number of thioether (sulfide) groups is 1. The van der Waals surface area contributed by atoms with Crippen LogP contribution in [0.3, 0.4) is 0 Å². The predicted octanol–water partition coefficient (Wildman–Crippen LogP) is 1.11. The molecule has 2 saturated heterocycles. The zero-order valence-electron chi connectivity index (χ0n) is 9.19. The molecule has 0 aromatic heterocycles. The van der Waals surface area contributed by atoms with E-state index >= 15 is 0 Å². The third-order valence-corrected chi connectivity index (χ3v) is 4.80. The number of β-amino-alcohol motifs (C(OH)–C–C–N with tert-alkyl or cyclic N) is 1. The Bertz CT molecular complexity index is 241. The number of carbonyl (C=O) groups is 1. The molecule has 0 aliphatic carbocycles. The first-order chi connectivity index (χ1) is 7.18. The molecule has 1 N–H and O–H groups in total. The minimum absolute atomic E-state index is 0.172. The van der Waals surface area contributed by atoms with Crippen molar-refractivity contribution < 1.29 is 9.90 Å². The van der Waals surface area contributed by atoms with Gasteiger partial charge in [-0.25, -0.2) is 0 Å². The van der Waals surface area contributed by atoms with E-state index in [1.807, 2.05) is 4.90 Å². The molecule has 0 saturated carbocycles. The van der Waals surface area contributed by atoms with Crippen LogP contribution in [-0.4, -0.2) is 46.1 Å². The second-order valence-corrected chi connectivity index (χ2v) is 5.93. The number of aliphatic hydroxyl groups is 1. The minimum atomic E-state index is -0.325. The Morgan fingerprint density at radius 1 is 1.47 bits per heavy atom. The molecule has 3 atom stereocenters. The van der Waals surface area contributed by atoms with Gasteiger partial charge in [-0.05, 0) is 30.9 Å². The highest BCUT2D eigenvalue weighted by Crippen LogP contribution is 2.29. The molecule has 4 heteroatoms. The molecular weight excluding hydrogens is 210 g/mol. The van der Waals surface area contributed by atoms with Crippen molar-refractivity contribution in [3.05, 3.63) is 0 Å². The van der Waals surface area contributed by atoms with Gasteiger partial charge < -0.3 is 10.0 Å². The van der Waals surface area contributed by atoms with E-state index in [1.54, 1.807) is 11.8 Å². The summed E-state index contributed by atoms with van der Waals surface area (Å²) < 4.78 is 0. The number of amides is 1. The van der Waals surface area contributed by atoms with Crippen molar-refractivity contribution in [1.82, 2.24) is 4.90 Å². The number of hydrogen-bond donors (Lipinski definition) is 1. The first-order valence-electron chi connectivity index (χ1n) is 5.77. The van der Waals surface area contributed by atoms with Crippen molar-refractivity contribution in [2.24, 2.45) is 5.92 Å². The standard InChI is InChI=1S/C11H19NO2S/c1-8-4-5-12(7-9(8)13)11(14)10-3-2-6-15-10/h8-10,13H,2-7H2,1H3. The fourth-order valence-corrected chi connectivity index (χ4v) is 3.47. The van der Waals surface area contributed by atoms with Gasteiger partial charge in [-0.1, -0.05) is 6.92 Å². The van der Waals surface area contributed by atoms with Crippen LogP contribution in [0.2, 0.25) is 0 Å². The normalized spacial score (nSPS) is 36.9. The van der Waals surface area contributed by atoms with Gasteiger partial charge in [-0.2, -0.15) is 0 Å². The third kappa shape index (κ3) is 2.48. The van der Waals surface area contributed by atoms with Gasteiger partial charge in [0.15, 0.2) is 0 Å². The van der Waals surface area contributed by atoms with Crippen molar-refractivity contribution in [3.8, 4) is 0 Å². The Morgan fingerprint density at radius 2 is 2.27 bits per heavy atom. The van der Waals surface area contributed by atoms with Gasteiger partial charge in [0, 0.05) is 13.1 Å². The second kappa shape index (κ2) is 4.74. The highest BCUT2D eigenvalue weighted by atomic mass is 32.2. The minimum Gasteiger partial charge on any atom is -0.391 e. The largest absolute Gasteiger partial charge is 0.391 e. The first kappa shape index (κ1) is 11.3. The lowest BCUT2D eigenvalue weighted by Crippen LogP contribution is -2.48. The smallest absolute Gasteiger partial charge is 0.235 e. The lowest BCUT2D eigenvalue weighted by molar-refractivity contribution is -0.134. The second-order valence-electron chi connectivity index (χ2n) is 4.62. The highest BCUT2D eigenvalue weighted by molar-refractivity contribution is 8.00. The van der Waals surface area contributed by atoms with Crippen molar-refractivity contribution in [2.75, 3.05) is 18.8 Å². The molecule has 2 rings (SSSR count). The van der Waals surface area contributed by atoms with Crippen LogP contribution >= 0.6 is 11.8 Å². The monoisotopic (exact) mass is 229 g/mol. The Morgan fingerprint density at radius 3 is 2.87 bits per heavy atom. The number of nitrogens with zero attached hydrogens (tertiary/aromatic N) is 1. The van der Waals surface area contributed by atoms with Crippen LogP contribution in [0.15, 0.2) is 0 Å². The van der Waals surface area contributed by atoms with Crippen molar-refractivity contribution in [2.45, 2.75) is 37.5 Å². The van der Waals surface area contributed by atoms with E-state index in [0.29, 0.717) is 12.5 Å². The summed E-state index contributed by atoms with van der Waals surface area (Å²) in [4.78, 5) is 13.9. The number of rotatable bonds is 1. The molecule has 3 unspecified atom stereocenters. The van der Waals surface area contributed by atoms with Gasteiger partial charge >= 0.3 is 0 Å². The van der Waals surface area contributed by atoms with Crippen LogP contribution in [0.5, 0.6) is 0 Å². The fourth-order valence-electron chi connectivity index (χ4n) is 2.23. The molecule has 2 aliphatic heterocycles. The van der Waals surface area contributed by atoms with E-state index in [9.17, 15) is 9.90 Å². The van der Waals surface area contributed by atoms with E-state index in [2.05, 4.69) is 6.92 Å². The van der Waals surface area contributed by atoms with Crippen molar-refractivity contribution >= 4 is 17.7 Å². The molecule has 0 aromatic carbocycles. The van der Waals surface area contributed by atoms with Gasteiger partial charge in [0.2, 0.25) is 5.91 Å². The van der Waals surface area contributed by atoms with E-state index in [-0.39, 0.29) is 17.3 Å². The number of carbonyl (C=O) groups excluding carboxylic acids is 1. The van der Waals surface area contributed by atoms with E-state index in [4.69, 9.17) is 0 Å². The zero-order chi connectivity index (χ0) is 10.8. The van der Waals surface area contributed by atoms with Gasteiger partial charge in [0.25, 0.3) is 0 Å². The molecule has 2 aliphatic rings. The molecule has 2 heterocycles. The summed E-state index contributed by atoms with van der Waals surface area (Å²) in [6.07, 6.45) is 2.79. The molecule has 86 valence electrons. The molecule has 0 spiro atoms.